The van der Waals surface area contributed by atoms with Gasteiger partial charge in [-0.05, 0) is 30.5 Å². The Morgan fingerprint density at radius 2 is 2.26 bits per heavy atom. The van der Waals surface area contributed by atoms with Gasteiger partial charge < -0.3 is 15.4 Å². The zero-order valence-corrected chi connectivity index (χ0v) is 12.8. The van der Waals surface area contributed by atoms with E-state index in [0.717, 1.165) is 18.4 Å². The van der Waals surface area contributed by atoms with Gasteiger partial charge in [0.1, 0.15) is 5.69 Å². The van der Waals surface area contributed by atoms with Crippen LogP contribution in [-0.2, 0) is 11.4 Å². The van der Waals surface area contributed by atoms with Crippen LogP contribution >= 0.6 is 11.6 Å². The SMILES string of the molecule is O=C(Nc1cn[nH]c1-c1nc2cc(Cl)c(CO)cc2[nH]1)C1CC1. The van der Waals surface area contributed by atoms with E-state index < -0.39 is 0 Å². The van der Waals surface area contributed by atoms with Crippen LogP contribution in [0.4, 0.5) is 5.69 Å². The van der Waals surface area contributed by atoms with Gasteiger partial charge in [0, 0.05) is 10.9 Å². The molecule has 3 aromatic rings. The van der Waals surface area contributed by atoms with E-state index in [-0.39, 0.29) is 18.4 Å². The molecule has 23 heavy (non-hydrogen) atoms. The van der Waals surface area contributed by atoms with Crippen molar-refractivity contribution in [2.75, 3.05) is 5.32 Å². The van der Waals surface area contributed by atoms with Crippen molar-refractivity contribution in [3.05, 3.63) is 28.9 Å². The number of nitrogens with zero attached hydrogens (tertiary/aromatic N) is 2. The fourth-order valence-corrected chi connectivity index (χ4v) is 2.68. The molecule has 118 valence electrons. The fraction of sp³-hybridized carbons (Fsp3) is 0.267. The zero-order valence-electron chi connectivity index (χ0n) is 12.1. The Hall–Kier alpha value is -2.38. The van der Waals surface area contributed by atoms with Crippen LogP contribution in [0.2, 0.25) is 5.02 Å². The third kappa shape index (κ3) is 2.58. The number of carbonyl (C=O) groups is 1. The van der Waals surface area contributed by atoms with Crippen molar-refractivity contribution in [3.63, 3.8) is 0 Å². The second-order valence-corrected chi connectivity index (χ2v) is 6.03. The fourth-order valence-electron chi connectivity index (χ4n) is 2.46. The molecular weight excluding hydrogens is 318 g/mol. The minimum absolute atomic E-state index is 0.00868. The average Bonchev–Trinajstić information content (AvgIpc) is 3.16. The van der Waals surface area contributed by atoms with E-state index in [9.17, 15) is 9.90 Å². The third-order valence-electron chi connectivity index (χ3n) is 3.90. The van der Waals surface area contributed by atoms with E-state index in [4.69, 9.17) is 11.6 Å². The van der Waals surface area contributed by atoms with E-state index in [1.807, 2.05) is 0 Å². The maximum Gasteiger partial charge on any atom is 0.227 e. The van der Waals surface area contributed by atoms with E-state index in [2.05, 4.69) is 25.5 Å². The molecule has 1 aliphatic rings. The summed E-state index contributed by atoms with van der Waals surface area (Å²) in [4.78, 5) is 19.6. The van der Waals surface area contributed by atoms with Crippen LogP contribution in [0.3, 0.4) is 0 Å². The Labute approximate surface area is 136 Å². The van der Waals surface area contributed by atoms with E-state index in [0.29, 0.717) is 33.3 Å². The third-order valence-corrected chi connectivity index (χ3v) is 4.25. The number of imidazole rings is 1. The van der Waals surface area contributed by atoms with Gasteiger partial charge in [-0.1, -0.05) is 11.6 Å². The van der Waals surface area contributed by atoms with Gasteiger partial charge in [-0.15, -0.1) is 0 Å². The van der Waals surface area contributed by atoms with Crippen molar-refractivity contribution < 1.29 is 9.90 Å². The van der Waals surface area contributed by atoms with Gasteiger partial charge in [-0.3, -0.25) is 9.89 Å². The van der Waals surface area contributed by atoms with Crippen LogP contribution in [0.25, 0.3) is 22.6 Å². The number of hydrogen-bond donors (Lipinski definition) is 4. The molecule has 8 heteroatoms. The van der Waals surface area contributed by atoms with Crippen molar-refractivity contribution in [2.45, 2.75) is 19.4 Å². The number of aromatic amines is 2. The highest BCUT2D eigenvalue weighted by Gasteiger charge is 2.30. The summed E-state index contributed by atoms with van der Waals surface area (Å²) in [5.74, 6) is 0.670. The molecule has 0 aliphatic heterocycles. The number of H-pyrrole nitrogens is 2. The Morgan fingerprint density at radius 3 is 3.00 bits per heavy atom. The van der Waals surface area contributed by atoms with Crippen LogP contribution < -0.4 is 5.32 Å². The molecule has 1 aromatic carbocycles. The maximum atomic E-state index is 11.9. The minimum atomic E-state index is -0.143. The molecule has 0 bridgehead atoms. The van der Waals surface area contributed by atoms with E-state index in [1.54, 1.807) is 18.3 Å². The monoisotopic (exact) mass is 331 g/mol. The topological polar surface area (TPSA) is 107 Å². The number of aliphatic hydroxyl groups is 1. The van der Waals surface area contributed by atoms with Crippen molar-refractivity contribution in [3.8, 4) is 11.5 Å². The van der Waals surface area contributed by atoms with Crippen molar-refractivity contribution in [1.82, 2.24) is 20.2 Å². The van der Waals surface area contributed by atoms with Gasteiger partial charge in [0.25, 0.3) is 0 Å². The molecule has 1 aliphatic carbocycles. The molecule has 4 N–H and O–H groups in total. The zero-order chi connectivity index (χ0) is 16.0. The Balaban J connectivity index is 1.71. The number of aliphatic hydroxyl groups excluding tert-OH is 1. The van der Waals surface area contributed by atoms with Crippen LogP contribution in [0, 0.1) is 5.92 Å². The highest BCUT2D eigenvalue weighted by atomic mass is 35.5. The number of hydrogen-bond acceptors (Lipinski definition) is 4. The first-order valence-corrected chi connectivity index (χ1v) is 7.67. The number of anilines is 1. The van der Waals surface area contributed by atoms with Crippen molar-refractivity contribution in [1.29, 1.82) is 0 Å². The summed E-state index contributed by atoms with van der Waals surface area (Å²) >= 11 is 6.09. The van der Waals surface area contributed by atoms with Crippen LogP contribution in [-0.4, -0.2) is 31.2 Å². The smallest absolute Gasteiger partial charge is 0.227 e. The molecule has 2 heterocycles. The number of rotatable bonds is 4. The van der Waals surface area contributed by atoms with E-state index >= 15 is 0 Å². The molecule has 1 amide bonds. The maximum absolute atomic E-state index is 11.9. The number of nitrogens with one attached hydrogen (secondary N) is 3. The molecule has 7 nitrogen and oxygen atoms in total. The summed E-state index contributed by atoms with van der Waals surface area (Å²) in [7, 11) is 0. The number of fused-ring (bicyclic) bond motifs is 1. The lowest BCUT2D eigenvalue weighted by Gasteiger charge is -2.02. The summed E-state index contributed by atoms with van der Waals surface area (Å²) in [5, 5.41) is 19.5. The Kier molecular flexibility index (Phi) is 3.32. The molecule has 0 saturated heterocycles. The molecule has 1 fully saturated rings. The van der Waals surface area contributed by atoms with Crippen LogP contribution in [0.15, 0.2) is 18.3 Å². The molecule has 0 radical (unpaired) electrons. The molecule has 0 spiro atoms. The van der Waals surface area contributed by atoms with E-state index in [1.165, 1.54) is 0 Å². The van der Waals surface area contributed by atoms with Crippen LogP contribution in [0.5, 0.6) is 0 Å². The normalized spacial score (nSPS) is 14.3. The number of carbonyl (C=O) groups excluding carboxylic acids is 1. The minimum Gasteiger partial charge on any atom is -0.392 e. The largest absolute Gasteiger partial charge is 0.392 e. The van der Waals surface area contributed by atoms with Gasteiger partial charge in [0.05, 0.1) is 29.5 Å². The lowest BCUT2D eigenvalue weighted by atomic mass is 10.2. The van der Waals surface area contributed by atoms with Gasteiger partial charge >= 0.3 is 0 Å². The molecule has 4 rings (SSSR count). The summed E-state index contributed by atoms with van der Waals surface area (Å²) in [6.07, 6.45) is 3.44. The van der Waals surface area contributed by atoms with Crippen molar-refractivity contribution >= 4 is 34.2 Å². The van der Waals surface area contributed by atoms with Gasteiger partial charge in [0.15, 0.2) is 5.82 Å². The number of aromatic nitrogens is 4. The summed E-state index contributed by atoms with van der Waals surface area (Å²) in [6.45, 7) is -0.143. The first-order valence-electron chi connectivity index (χ1n) is 7.29. The molecular formula is C15H14ClN5O2. The molecule has 0 unspecified atom stereocenters. The standard InChI is InChI=1S/C15H14ClN5O2/c16-9-4-11-10(3-8(9)6-22)18-14(19-11)13-12(5-17-21-13)20-15(23)7-1-2-7/h3-5,7,22H,1-2,6H2,(H,17,21)(H,18,19)(H,20,23). The predicted molar refractivity (Wildman–Crippen MR) is 86.0 cm³/mol. The average molecular weight is 332 g/mol. The van der Waals surface area contributed by atoms with Gasteiger partial charge in [-0.25, -0.2) is 4.98 Å². The van der Waals surface area contributed by atoms with Gasteiger partial charge in [0.2, 0.25) is 5.91 Å². The van der Waals surface area contributed by atoms with Crippen molar-refractivity contribution in [2.24, 2.45) is 5.92 Å². The first-order chi connectivity index (χ1) is 11.2. The second kappa shape index (κ2) is 5.36. The van der Waals surface area contributed by atoms with Gasteiger partial charge in [-0.2, -0.15) is 5.10 Å². The lowest BCUT2D eigenvalue weighted by molar-refractivity contribution is -0.117. The lowest BCUT2D eigenvalue weighted by Crippen LogP contribution is -2.13. The summed E-state index contributed by atoms with van der Waals surface area (Å²) in [6, 6.07) is 3.45. The molecule has 0 atom stereocenters. The highest BCUT2D eigenvalue weighted by Crippen LogP contribution is 2.32. The molecule has 2 aromatic heterocycles. The Morgan fingerprint density at radius 1 is 1.43 bits per heavy atom. The summed E-state index contributed by atoms with van der Waals surface area (Å²) < 4.78 is 0. The number of amides is 1. The Bertz CT molecular complexity index is 897. The number of benzene rings is 1. The second-order valence-electron chi connectivity index (χ2n) is 5.63. The first kappa shape index (κ1) is 14.2. The summed E-state index contributed by atoms with van der Waals surface area (Å²) in [5.41, 5.74) is 3.26. The predicted octanol–water partition coefficient (Wildman–Crippen LogP) is 2.45. The number of halogens is 1. The quantitative estimate of drug-likeness (QED) is 0.589. The van der Waals surface area contributed by atoms with Crippen LogP contribution in [0.1, 0.15) is 18.4 Å². The highest BCUT2D eigenvalue weighted by molar-refractivity contribution is 6.32. The molecule has 1 saturated carbocycles.